The Labute approximate surface area is 370 Å². The molecule has 0 atom stereocenters. The number of anilines is 1. The third-order valence-corrected chi connectivity index (χ3v) is 12.6. The van der Waals surface area contributed by atoms with Gasteiger partial charge in [0.1, 0.15) is 20.2 Å². The van der Waals surface area contributed by atoms with Gasteiger partial charge in [-0.3, -0.25) is 0 Å². The summed E-state index contributed by atoms with van der Waals surface area (Å²) in [5.74, 6) is 0. The van der Waals surface area contributed by atoms with Crippen molar-refractivity contribution in [1.29, 1.82) is 0 Å². The number of hydrogen-bond acceptors (Lipinski definition) is 9. The molecule has 0 aromatic heterocycles. The van der Waals surface area contributed by atoms with E-state index >= 15 is 0 Å². The summed E-state index contributed by atoms with van der Waals surface area (Å²) in [5.41, 5.74) is 8.49. The second-order valence-electron chi connectivity index (χ2n) is 15.7. The van der Waals surface area contributed by atoms with Gasteiger partial charge in [-0.05, 0) is 83.1 Å². The maximum atomic E-state index is 11.6. The number of benzene rings is 6. The van der Waals surface area contributed by atoms with E-state index in [0.29, 0.717) is 6.61 Å². The fourth-order valence-electron chi connectivity index (χ4n) is 7.42. The Morgan fingerprint density at radius 1 is 0.619 bits per heavy atom. The summed E-state index contributed by atoms with van der Waals surface area (Å²) in [6.45, 7) is 12.7. The Balaban J connectivity index is 0.000000175. The van der Waals surface area contributed by atoms with E-state index in [1.54, 1.807) is 12.1 Å². The highest BCUT2D eigenvalue weighted by Gasteiger charge is 2.46. The van der Waals surface area contributed by atoms with Crippen LogP contribution in [0.1, 0.15) is 52.7 Å². The molecule has 1 N–H and O–H groups in total. The van der Waals surface area contributed by atoms with E-state index in [9.17, 15) is 25.9 Å². The van der Waals surface area contributed by atoms with Crippen molar-refractivity contribution < 1.29 is 30.7 Å². The smallest absolute Gasteiger partial charge is 0.215 e. The first-order chi connectivity index (χ1) is 29.9. The van der Waals surface area contributed by atoms with Crippen molar-refractivity contribution in [3.8, 4) is 0 Å². The number of fused-ring (bicyclic) bond motifs is 2. The van der Waals surface area contributed by atoms with Crippen molar-refractivity contribution in [2.24, 2.45) is 4.99 Å². The minimum absolute atomic E-state index is 0.179. The molecule has 2 aliphatic heterocycles. The Morgan fingerprint density at radius 3 is 1.56 bits per heavy atom. The number of aliphatic imine (C=N–C) groups is 1. The predicted molar refractivity (Wildman–Crippen MR) is 252 cm³/mol. The SMILES string of the molecule is CC1(C)C(/C=C/Nc2ccccc2)=[N+](c2ccccc2)c2ccc(S(=O)(=O)[O-])cc21.CC1=[N+](c2ccccc2)c2ccc(S(=O)(=O)[O-])cc2C1(C)C.CCOC=Nc1ccccc1. The second-order valence-corrected chi connectivity index (χ2v) is 18.5. The van der Waals surface area contributed by atoms with Gasteiger partial charge in [-0.25, -0.2) is 21.8 Å². The van der Waals surface area contributed by atoms with Gasteiger partial charge in [0.05, 0.1) is 32.9 Å². The number of nitrogens with one attached hydrogen (secondary N) is 1. The average molecular weight is 883 g/mol. The summed E-state index contributed by atoms with van der Waals surface area (Å²) in [7, 11) is -8.99. The maximum absolute atomic E-state index is 11.6. The molecule has 8 rings (SSSR count). The zero-order chi connectivity index (χ0) is 45.4. The van der Waals surface area contributed by atoms with Crippen LogP contribution in [0.3, 0.4) is 0 Å². The van der Waals surface area contributed by atoms with Crippen LogP contribution in [0, 0.1) is 0 Å². The van der Waals surface area contributed by atoms with Crippen LogP contribution in [0.15, 0.2) is 185 Å². The topological polar surface area (TPSA) is 154 Å². The van der Waals surface area contributed by atoms with Gasteiger partial charge >= 0.3 is 0 Å². The molecular weight excluding hydrogens is 833 g/mol. The average Bonchev–Trinajstić information content (AvgIpc) is 3.62. The predicted octanol–water partition coefficient (Wildman–Crippen LogP) is 10.3. The number of nitrogens with zero attached hydrogens (tertiary/aromatic N) is 3. The molecule has 0 amide bonds. The molecule has 0 fully saturated rings. The van der Waals surface area contributed by atoms with Gasteiger partial charge in [-0.15, -0.1) is 0 Å². The molecular formula is C50H50N4O7S2. The zero-order valence-corrected chi connectivity index (χ0v) is 37.6. The monoisotopic (exact) mass is 882 g/mol. The Morgan fingerprint density at radius 2 is 1.06 bits per heavy atom. The van der Waals surface area contributed by atoms with Crippen molar-refractivity contribution in [1.82, 2.24) is 9.15 Å². The van der Waals surface area contributed by atoms with Crippen molar-refractivity contribution in [2.45, 2.75) is 62.2 Å². The summed E-state index contributed by atoms with van der Waals surface area (Å²) in [6.07, 6.45) is 5.33. The minimum atomic E-state index is -4.54. The zero-order valence-electron chi connectivity index (χ0n) is 36.0. The Bertz CT molecular complexity index is 2920. The summed E-state index contributed by atoms with van der Waals surface area (Å²) in [4.78, 5) is 3.66. The first-order valence-corrected chi connectivity index (χ1v) is 23.1. The number of para-hydroxylation sites is 4. The molecule has 11 nitrogen and oxygen atoms in total. The molecule has 0 spiro atoms. The number of rotatable bonds is 10. The van der Waals surface area contributed by atoms with Crippen molar-refractivity contribution in [3.05, 3.63) is 181 Å². The quantitative estimate of drug-likeness (QED) is 0.0617. The lowest BCUT2D eigenvalue weighted by Crippen LogP contribution is -2.28. The van der Waals surface area contributed by atoms with Crippen LogP contribution in [0.5, 0.6) is 0 Å². The lowest BCUT2D eigenvalue weighted by atomic mass is 9.81. The van der Waals surface area contributed by atoms with E-state index in [1.165, 1.54) is 30.7 Å². The van der Waals surface area contributed by atoms with Gasteiger partial charge < -0.3 is 19.2 Å². The third kappa shape index (κ3) is 10.6. The van der Waals surface area contributed by atoms with E-state index in [4.69, 9.17) is 4.74 Å². The number of allylic oxidation sites excluding steroid dienone is 1. The van der Waals surface area contributed by atoms with Gasteiger partial charge in [0.2, 0.25) is 22.7 Å². The standard InChI is InChI=1S/C24H22N2O3S.C17H17NO3S.C9H11NO/c1-24(2)21-17-20(30(27,28)29)13-14-22(21)26(19-11-7-4-8-12-19)23(24)15-16-25-18-9-5-3-6-10-18;1-12-17(2,3)15-11-14(22(19,20)21)9-10-16(15)18(12)13-7-5-4-6-8-13;1-2-11-8-10-9-6-4-3-5-7-9/h3-17H,1-2H3,(H,27,28,29);4-11H,1-3H3;3-8H,2H2,1H3. The fraction of sp³-hybridized carbons (Fsp3) is 0.180. The second kappa shape index (κ2) is 19.3. The van der Waals surface area contributed by atoms with E-state index in [0.717, 1.165) is 56.7 Å². The van der Waals surface area contributed by atoms with Crippen LogP contribution >= 0.6 is 0 Å². The summed E-state index contributed by atoms with van der Waals surface area (Å²) < 4.78 is 77.9. The molecule has 6 aromatic carbocycles. The van der Waals surface area contributed by atoms with Crippen LogP contribution in [0.25, 0.3) is 0 Å². The lowest BCUT2D eigenvalue weighted by molar-refractivity contribution is 0.344. The fourth-order valence-corrected chi connectivity index (χ4v) is 8.41. The Kier molecular flexibility index (Phi) is 14.1. The third-order valence-electron chi connectivity index (χ3n) is 11.0. The molecule has 0 aliphatic carbocycles. The molecule has 2 aliphatic rings. The molecule has 2 heterocycles. The molecule has 0 unspecified atom stereocenters. The van der Waals surface area contributed by atoms with Gasteiger partial charge in [0.25, 0.3) is 0 Å². The number of hydrogen-bond donors (Lipinski definition) is 1. The largest absolute Gasteiger partial charge is 0.744 e. The van der Waals surface area contributed by atoms with Crippen LogP contribution in [-0.4, -0.2) is 50.4 Å². The van der Waals surface area contributed by atoms with Crippen LogP contribution in [0.2, 0.25) is 0 Å². The van der Waals surface area contributed by atoms with Gasteiger partial charge in [0.15, 0.2) is 17.8 Å². The van der Waals surface area contributed by atoms with E-state index in [-0.39, 0.29) is 15.2 Å². The van der Waals surface area contributed by atoms with Gasteiger partial charge in [-0.1, -0.05) is 72.8 Å². The van der Waals surface area contributed by atoms with E-state index < -0.39 is 25.7 Å². The van der Waals surface area contributed by atoms with E-state index in [1.807, 2.05) is 175 Å². The molecule has 0 radical (unpaired) electrons. The number of ether oxygens (including phenoxy) is 1. The summed E-state index contributed by atoms with van der Waals surface area (Å²) in [5, 5.41) is 3.27. The van der Waals surface area contributed by atoms with Crippen LogP contribution in [0.4, 0.5) is 34.1 Å². The maximum Gasteiger partial charge on any atom is 0.215 e. The first-order valence-electron chi connectivity index (χ1n) is 20.2. The first kappa shape index (κ1) is 46.0. The molecule has 324 valence electrons. The van der Waals surface area contributed by atoms with Crippen LogP contribution in [-0.2, 0) is 35.8 Å². The van der Waals surface area contributed by atoms with Crippen molar-refractivity contribution >= 4 is 72.2 Å². The van der Waals surface area contributed by atoms with Crippen LogP contribution < -0.4 is 14.5 Å². The van der Waals surface area contributed by atoms with Crippen molar-refractivity contribution in [2.75, 3.05) is 11.9 Å². The van der Waals surface area contributed by atoms with Gasteiger partial charge in [0, 0.05) is 72.4 Å². The summed E-state index contributed by atoms with van der Waals surface area (Å²) in [6, 6.07) is 48.5. The molecule has 0 saturated carbocycles. The molecule has 63 heavy (non-hydrogen) atoms. The summed E-state index contributed by atoms with van der Waals surface area (Å²) >= 11 is 0. The van der Waals surface area contributed by atoms with Gasteiger partial charge in [-0.2, -0.15) is 9.15 Å². The molecule has 0 bridgehead atoms. The highest BCUT2D eigenvalue weighted by Crippen LogP contribution is 2.44. The van der Waals surface area contributed by atoms with Crippen molar-refractivity contribution in [3.63, 3.8) is 0 Å². The van der Waals surface area contributed by atoms with E-state index in [2.05, 4.69) is 19.5 Å². The Hall–Kier alpha value is -6.51. The molecule has 6 aromatic rings. The highest BCUT2D eigenvalue weighted by molar-refractivity contribution is 7.86. The normalized spacial score (nSPS) is 15.0. The highest BCUT2D eigenvalue weighted by atomic mass is 32.2. The lowest BCUT2D eigenvalue weighted by Gasteiger charge is -2.17. The minimum Gasteiger partial charge on any atom is -0.744 e. The molecule has 0 saturated heterocycles. The molecule has 13 heteroatoms.